The van der Waals surface area contributed by atoms with E-state index in [2.05, 4.69) is 4.84 Å². The van der Waals surface area contributed by atoms with Crippen molar-refractivity contribution in [2.45, 2.75) is 6.42 Å². The van der Waals surface area contributed by atoms with Crippen molar-refractivity contribution < 1.29 is 28.7 Å². The van der Waals surface area contributed by atoms with Crippen LogP contribution in [0.1, 0.15) is 6.42 Å². The molecular weight excluding hydrogens is 192 g/mol. The number of imide groups is 2. The van der Waals surface area contributed by atoms with Gasteiger partial charge in [0.2, 0.25) is 0 Å². The van der Waals surface area contributed by atoms with E-state index < -0.39 is 28.9 Å². The number of barbiturate groups is 1. The van der Waals surface area contributed by atoms with Crippen molar-refractivity contribution in [2.75, 3.05) is 21.3 Å². The van der Waals surface area contributed by atoms with Crippen LogP contribution in [0.5, 0.6) is 0 Å². The number of hydrogen-bond acceptors (Lipinski definition) is 5. The minimum absolute atomic E-state index is 0.413. The summed E-state index contributed by atoms with van der Waals surface area (Å²) in [6, 6.07) is -0.851. The summed E-state index contributed by atoms with van der Waals surface area (Å²) >= 11 is 0. The monoisotopic (exact) mass is 203 g/mol. The molecule has 0 aromatic heterocycles. The zero-order valence-electron chi connectivity index (χ0n) is 8.14. The average molecular weight is 203 g/mol. The Morgan fingerprint density at radius 3 is 2.29 bits per heavy atom. The number of amides is 4. The van der Waals surface area contributed by atoms with Gasteiger partial charge in [0.15, 0.2) is 0 Å². The van der Waals surface area contributed by atoms with Gasteiger partial charge >= 0.3 is 11.9 Å². The first kappa shape index (κ1) is 10.8. The number of hydroxylamine groups is 5. The first-order chi connectivity index (χ1) is 6.47. The van der Waals surface area contributed by atoms with E-state index in [1.54, 1.807) is 0 Å². The molecule has 0 bridgehead atoms. The first-order valence-corrected chi connectivity index (χ1v) is 3.84. The van der Waals surface area contributed by atoms with Crippen molar-refractivity contribution >= 4 is 17.8 Å². The van der Waals surface area contributed by atoms with Crippen LogP contribution in [0.2, 0.25) is 0 Å². The summed E-state index contributed by atoms with van der Waals surface area (Å²) < 4.78 is -0.917. The maximum Gasteiger partial charge on any atom is 0.490 e. The lowest BCUT2D eigenvalue weighted by molar-refractivity contribution is -0.962. The molecule has 0 saturated carbocycles. The summed E-state index contributed by atoms with van der Waals surface area (Å²) in [6.07, 6.45) is -0.413. The van der Waals surface area contributed by atoms with E-state index in [9.17, 15) is 14.4 Å². The molecule has 1 saturated heterocycles. The summed E-state index contributed by atoms with van der Waals surface area (Å²) in [6.45, 7) is 0. The summed E-state index contributed by atoms with van der Waals surface area (Å²) in [7, 11) is 3.63. The van der Waals surface area contributed by atoms with Crippen LogP contribution in [0.4, 0.5) is 4.79 Å². The van der Waals surface area contributed by atoms with Gasteiger partial charge in [0.25, 0.3) is 5.91 Å². The van der Waals surface area contributed by atoms with Crippen molar-refractivity contribution in [1.29, 1.82) is 0 Å². The van der Waals surface area contributed by atoms with Crippen molar-refractivity contribution in [3.05, 3.63) is 0 Å². The third-order valence-corrected chi connectivity index (χ3v) is 2.09. The van der Waals surface area contributed by atoms with Crippen LogP contribution in [0.15, 0.2) is 0 Å². The Kier molecular flexibility index (Phi) is 2.65. The van der Waals surface area contributed by atoms with E-state index in [1.807, 2.05) is 0 Å². The summed E-state index contributed by atoms with van der Waals surface area (Å²) in [5, 5.41) is 0.519. The van der Waals surface area contributed by atoms with E-state index in [4.69, 9.17) is 4.84 Å². The molecule has 4 amide bonds. The maximum atomic E-state index is 11.5. The van der Waals surface area contributed by atoms with Crippen molar-refractivity contribution in [3.8, 4) is 0 Å². The van der Waals surface area contributed by atoms with Crippen LogP contribution in [-0.2, 0) is 19.3 Å². The van der Waals surface area contributed by atoms with Gasteiger partial charge < -0.3 is 0 Å². The highest BCUT2D eigenvalue weighted by molar-refractivity contribution is 6.06. The van der Waals surface area contributed by atoms with Gasteiger partial charge in [0.1, 0.15) is 13.5 Å². The lowest BCUT2D eigenvalue weighted by Gasteiger charge is -2.31. The van der Waals surface area contributed by atoms with Crippen LogP contribution in [0, 0.1) is 0 Å². The van der Waals surface area contributed by atoms with Crippen molar-refractivity contribution in [2.24, 2.45) is 0 Å². The third kappa shape index (κ3) is 1.31. The second-order valence-corrected chi connectivity index (χ2v) is 2.83. The second kappa shape index (κ2) is 3.45. The Hall–Kier alpha value is -1.31. The predicted octanol–water partition coefficient (Wildman–Crippen LogP) is -0.565. The number of carbonyl (C=O) groups excluding carboxylic acids is 3. The molecule has 78 valence electrons. The highest BCUT2D eigenvalue weighted by Gasteiger charge is 2.54. The molecule has 1 rings (SSSR count). The molecule has 1 fully saturated rings. The zero-order valence-corrected chi connectivity index (χ0v) is 8.14. The van der Waals surface area contributed by atoms with E-state index in [0.29, 0.717) is 5.06 Å². The Morgan fingerprint density at radius 1 is 1.29 bits per heavy atom. The average Bonchev–Trinajstić information content (AvgIpc) is 2.15. The topological polar surface area (TPSA) is 72.9 Å². The highest BCUT2D eigenvalue weighted by atomic mass is 16.8. The maximum absolute atomic E-state index is 11.5. The van der Waals surface area contributed by atoms with E-state index in [-0.39, 0.29) is 0 Å². The van der Waals surface area contributed by atoms with E-state index in [1.165, 1.54) is 21.3 Å². The van der Waals surface area contributed by atoms with Gasteiger partial charge in [-0.1, -0.05) is 5.06 Å². The number of carbonyl (C=O) groups is 3. The molecule has 0 spiro atoms. The molecule has 0 radical (unpaired) electrons. The number of urea groups is 1. The number of nitrogens with zero attached hydrogens (tertiary/aromatic N) is 2. The van der Waals surface area contributed by atoms with Gasteiger partial charge in [0.05, 0.1) is 14.2 Å². The van der Waals surface area contributed by atoms with Gasteiger partial charge in [-0.15, -0.1) is 0 Å². The van der Waals surface area contributed by atoms with Gasteiger partial charge in [-0.2, -0.15) is 9.63 Å². The molecule has 0 aliphatic carbocycles. The van der Waals surface area contributed by atoms with Gasteiger partial charge in [0, 0.05) is 0 Å². The molecule has 14 heavy (non-hydrogen) atoms. The quantitative estimate of drug-likeness (QED) is 0.444. The molecule has 1 aliphatic rings. The zero-order chi connectivity index (χ0) is 10.9. The van der Waals surface area contributed by atoms with Crippen LogP contribution in [-0.4, -0.2) is 48.8 Å². The molecule has 1 heterocycles. The molecule has 0 aromatic carbocycles. The Labute approximate surface area is 80.3 Å². The Bertz CT molecular complexity index is 302. The summed E-state index contributed by atoms with van der Waals surface area (Å²) in [5.74, 6) is -1.30. The van der Waals surface area contributed by atoms with Crippen LogP contribution in [0.3, 0.4) is 0 Å². The molecule has 1 unspecified atom stereocenters. The van der Waals surface area contributed by atoms with Crippen molar-refractivity contribution in [3.63, 3.8) is 0 Å². The van der Waals surface area contributed by atoms with Gasteiger partial charge in [-0.3, -0.25) is 9.63 Å². The predicted molar refractivity (Wildman–Crippen MR) is 42.1 cm³/mol. The Morgan fingerprint density at radius 2 is 1.86 bits per heavy atom. The fourth-order valence-corrected chi connectivity index (χ4v) is 1.10. The normalized spacial score (nSPS) is 28.5. The highest BCUT2D eigenvalue weighted by Crippen LogP contribution is 2.19. The van der Waals surface area contributed by atoms with Crippen molar-refractivity contribution in [1.82, 2.24) is 5.06 Å². The van der Waals surface area contributed by atoms with Crippen LogP contribution < -0.4 is 0 Å². The number of rotatable bonds is 2. The standard InChI is InChI=1S/C7H11N2O5/c1-9(14-3)6(11)4-5(10)8(13-2)7(9)12/h4H2,1-3H3/q+1. The Balaban J connectivity index is 3.06. The minimum atomic E-state index is -0.917. The molecule has 0 N–H and O–H groups in total. The largest absolute Gasteiger partial charge is 0.490 e. The summed E-state index contributed by atoms with van der Waals surface area (Å²) in [4.78, 5) is 43.3. The molecule has 1 aliphatic heterocycles. The lowest BCUT2D eigenvalue weighted by atomic mass is 10.3. The van der Waals surface area contributed by atoms with Crippen LogP contribution in [0.25, 0.3) is 0 Å². The SMILES string of the molecule is CON1C(=O)CC(=O)[N+](C)(OC)C1=O. The second-order valence-electron chi connectivity index (χ2n) is 2.83. The van der Waals surface area contributed by atoms with E-state index >= 15 is 0 Å². The lowest BCUT2D eigenvalue weighted by Crippen LogP contribution is -2.64. The molecule has 0 aromatic rings. The molecular formula is C7H11N2O5+. The van der Waals surface area contributed by atoms with Gasteiger partial charge in [-0.25, -0.2) is 4.79 Å². The smallest absolute Gasteiger partial charge is 0.271 e. The first-order valence-electron chi connectivity index (χ1n) is 3.84. The fourth-order valence-electron chi connectivity index (χ4n) is 1.10. The number of hydrogen-bond donors (Lipinski definition) is 0. The molecule has 7 nitrogen and oxygen atoms in total. The van der Waals surface area contributed by atoms with E-state index in [0.717, 1.165) is 0 Å². The third-order valence-electron chi connectivity index (χ3n) is 2.09. The number of quaternary nitrogens is 1. The fraction of sp³-hybridized carbons (Fsp3) is 0.571. The van der Waals surface area contributed by atoms with Gasteiger partial charge in [-0.05, 0) is 4.65 Å². The minimum Gasteiger partial charge on any atom is -0.271 e. The molecule has 7 heteroatoms. The van der Waals surface area contributed by atoms with Crippen LogP contribution >= 0.6 is 0 Å². The summed E-state index contributed by atoms with van der Waals surface area (Å²) in [5.41, 5.74) is 0. The molecule has 1 atom stereocenters.